The largest absolute Gasteiger partial charge is 0.493 e. The van der Waals surface area contributed by atoms with Crippen molar-refractivity contribution in [3.63, 3.8) is 0 Å². The van der Waals surface area contributed by atoms with Gasteiger partial charge in [-0.05, 0) is 45.4 Å². The number of hydrogen-bond donors (Lipinski definition) is 2. The molecule has 0 aliphatic carbocycles. The van der Waals surface area contributed by atoms with Gasteiger partial charge in [-0.2, -0.15) is 0 Å². The van der Waals surface area contributed by atoms with Gasteiger partial charge in [0.2, 0.25) is 0 Å². The number of amides is 3. The number of aryl methyl sites for hydroxylation is 1. The number of carbonyl (C=O) groups is 3. The molecule has 3 amide bonds. The molecule has 2 N–H and O–H groups in total. The molecular formula is C17H24N2O6. The molecule has 25 heavy (non-hydrogen) atoms. The number of methoxy groups -OCH3 is 1. The molecule has 1 rings (SSSR count). The van der Waals surface area contributed by atoms with Gasteiger partial charge in [0.05, 0.1) is 7.11 Å². The molecule has 0 saturated heterocycles. The van der Waals surface area contributed by atoms with Crippen LogP contribution in [0.1, 0.15) is 26.3 Å². The predicted octanol–water partition coefficient (Wildman–Crippen LogP) is 1.55. The Kier molecular flexibility index (Phi) is 7.71. The van der Waals surface area contributed by atoms with E-state index in [1.54, 1.807) is 26.0 Å². The molecule has 138 valence electrons. The number of rotatable bonds is 7. The van der Waals surface area contributed by atoms with Gasteiger partial charge in [-0.25, -0.2) is 9.59 Å². The molecule has 0 saturated carbocycles. The fraction of sp³-hybridized carbons (Fsp3) is 0.471. The molecular weight excluding hydrogens is 328 g/mol. The number of ether oxygens (including phenoxy) is 3. The lowest BCUT2D eigenvalue weighted by molar-refractivity contribution is -0.156. The summed E-state index contributed by atoms with van der Waals surface area (Å²) >= 11 is 0. The number of benzene rings is 1. The van der Waals surface area contributed by atoms with Crippen molar-refractivity contribution in [1.29, 1.82) is 0 Å². The maximum Gasteiger partial charge on any atom is 0.344 e. The van der Waals surface area contributed by atoms with Gasteiger partial charge in [-0.15, -0.1) is 0 Å². The molecule has 1 atom stereocenters. The third-order valence-electron chi connectivity index (χ3n) is 3.00. The minimum Gasteiger partial charge on any atom is -0.493 e. The molecule has 1 aromatic rings. The monoisotopic (exact) mass is 352 g/mol. The number of urea groups is 1. The SMILES string of the molecule is COc1cc(C)ccc1OCC(=O)OC(C)C(=O)NC(=O)NC(C)C. The standard InChI is InChI=1S/C17H24N2O6/c1-10(2)18-17(22)19-16(21)12(4)25-15(20)9-24-13-7-6-11(3)8-14(13)23-5/h6-8,10,12H,9H2,1-5H3,(H2,18,19,21,22). The van der Waals surface area contributed by atoms with Crippen molar-refractivity contribution < 1.29 is 28.6 Å². The molecule has 0 bridgehead atoms. The van der Waals surface area contributed by atoms with E-state index in [0.717, 1.165) is 5.56 Å². The van der Waals surface area contributed by atoms with Crippen LogP contribution in [0.3, 0.4) is 0 Å². The first-order chi connectivity index (χ1) is 11.7. The van der Waals surface area contributed by atoms with Gasteiger partial charge in [-0.1, -0.05) is 6.07 Å². The fourth-order valence-corrected chi connectivity index (χ4v) is 1.83. The second-order valence-corrected chi connectivity index (χ2v) is 5.69. The molecule has 0 radical (unpaired) electrons. The fourth-order valence-electron chi connectivity index (χ4n) is 1.83. The summed E-state index contributed by atoms with van der Waals surface area (Å²) in [6.07, 6.45) is -1.13. The van der Waals surface area contributed by atoms with Crippen LogP contribution < -0.4 is 20.1 Å². The topological polar surface area (TPSA) is 103 Å². The Morgan fingerprint density at radius 1 is 1.12 bits per heavy atom. The van der Waals surface area contributed by atoms with Crippen LogP contribution in [-0.2, 0) is 14.3 Å². The highest BCUT2D eigenvalue weighted by Gasteiger charge is 2.20. The van der Waals surface area contributed by atoms with E-state index in [1.807, 2.05) is 13.0 Å². The smallest absolute Gasteiger partial charge is 0.344 e. The van der Waals surface area contributed by atoms with Crippen LogP contribution in [-0.4, -0.2) is 43.8 Å². The number of esters is 1. The van der Waals surface area contributed by atoms with E-state index in [-0.39, 0.29) is 6.04 Å². The van der Waals surface area contributed by atoms with Crippen LogP contribution >= 0.6 is 0 Å². The van der Waals surface area contributed by atoms with Crippen LogP contribution in [0.5, 0.6) is 11.5 Å². The Labute approximate surface area is 146 Å². The van der Waals surface area contributed by atoms with Gasteiger partial charge in [0, 0.05) is 6.04 Å². The van der Waals surface area contributed by atoms with Gasteiger partial charge in [0.15, 0.2) is 24.2 Å². The van der Waals surface area contributed by atoms with Crippen molar-refractivity contribution >= 4 is 17.9 Å². The highest BCUT2D eigenvalue weighted by atomic mass is 16.6. The summed E-state index contributed by atoms with van der Waals surface area (Å²) < 4.78 is 15.5. The van der Waals surface area contributed by atoms with Crippen LogP contribution in [0, 0.1) is 6.92 Å². The lowest BCUT2D eigenvalue weighted by Crippen LogP contribution is -2.46. The van der Waals surface area contributed by atoms with Crippen LogP contribution in [0.25, 0.3) is 0 Å². The number of nitrogens with one attached hydrogen (secondary N) is 2. The van der Waals surface area contributed by atoms with E-state index in [0.29, 0.717) is 11.5 Å². The average molecular weight is 352 g/mol. The number of hydrogen-bond acceptors (Lipinski definition) is 6. The van der Waals surface area contributed by atoms with E-state index in [9.17, 15) is 14.4 Å². The molecule has 0 heterocycles. The van der Waals surface area contributed by atoms with Crippen LogP contribution in [0.4, 0.5) is 4.79 Å². The van der Waals surface area contributed by atoms with E-state index in [2.05, 4.69) is 10.6 Å². The molecule has 8 heteroatoms. The minimum atomic E-state index is -1.13. The molecule has 0 aromatic heterocycles. The zero-order chi connectivity index (χ0) is 19.0. The Bertz CT molecular complexity index is 630. The average Bonchev–Trinajstić information content (AvgIpc) is 2.52. The van der Waals surface area contributed by atoms with Gasteiger partial charge in [0.25, 0.3) is 5.91 Å². The van der Waals surface area contributed by atoms with Gasteiger partial charge in [-0.3, -0.25) is 10.1 Å². The summed E-state index contributed by atoms with van der Waals surface area (Å²) in [7, 11) is 1.49. The quantitative estimate of drug-likeness (QED) is 0.722. The summed E-state index contributed by atoms with van der Waals surface area (Å²) in [4.78, 5) is 35.0. The van der Waals surface area contributed by atoms with Crippen molar-refractivity contribution in [1.82, 2.24) is 10.6 Å². The molecule has 1 aromatic carbocycles. The van der Waals surface area contributed by atoms with Crippen LogP contribution in [0.15, 0.2) is 18.2 Å². The third kappa shape index (κ3) is 7.11. The van der Waals surface area contributed by atoms with Crippen molar-refractivity contribution in [2.45, 2.75) is 39.8 Å². The van der Waals surface area contributed by atoms with Crippen molar-refractivity contribution in [2.75, 3.05) is 13.7 Å². The van der Waals surface area contributed by atoms with Crippen molar-refractivity contribution in [3.05, 3.63) is 23.8 Å². The van der Waals surface area contributed by atoms with E-state index < -0.39 is 30.6 Å². The summed E-state index contributed by atoms with van der Waals surface area (Å²) in [5, 5.41) is 4.58. The normalized spacial score (nSPS) is 11.4. The summed E-state index contributed by atoms with van der Waals surface area (Å²) in [5.41, 5.74) is 0.983. The Hall–Kier alpha value is -2.77. The Balaban J connectivity index is 2.48. The van der Waals surface area contributed by atoms with E-state index in [4.69, 9.17) is 14.2 Å². The lowest BCUT2D eigenvalue weighted by Gasteiger charge is -2.15. The summed E-state index contributed by atoms with van der Waals surface area (Å²) in [6.45, 7) is 6.38. The second-order valence-electron chi connectivity index (χ2n) is 5.69. The van der Waals surface area contributed by atoms with E-state index in [1.165, 1.54) is 14.0 Å². The van der Waals surface area contributed by atoms with Gasteiger partial charge < -0.3 is 19.5 Å². The summed E-state index contributed by atoms with van der Waals surface area (Å²) in [5.74, 6) is -0.587. The van der Waals surface area contributed by atoms with Crippen molar-refractivity contribution in [3.8, 4) is 11.5 Å². The van der Waals surface area contributed by atoms with Gasteiger partial charge in [0.1, 0.15) is 0 Å². The molecule has 0 fully saturated rings. The number of carbonyl (C=O) groups excluding carboxylic acids is 3. The lowest BCUT2D eigenvalue weighted by atomic mass is 10.2. The molecule has 0 aliphatic heterocycles. The molecule has 1 unspecified atom stereocenters. The molecule has 0 aliphatic rings. The Morgan fingerprint density at radius 3 is 2.40 bits per heavy atom. The third-order valence-corrected chi connectivity index (χ3v) is 3.00. The first kappa shape index (κ1) is 20.3. The first-order valence-electron chi connectivity index (χ1n) is 7.81. The minimum absolute atomic E-state index is 0.122. The van der Waals surface area contributed by atoms with Crippen LogP contribution in [0.2, 0.25) is 0 Å². The number of imide groups is 1. The van der Waals surface area contributed by atoms with E-state index >= 15 is 0 Å². The van der Waals surface area contributed by atoms with Gasteiger partial charge >= 0.3 is 12.0 Å². The Morgan fingerprint density at radius 2 is 1.80 bits per heavy atom. The van der Waals surface area contributed by atoms with Crippen molar-refractivity contribution in [2.24, 2.45) is 0 Å². The maximum absolute atomic E-state index is 11.8. The highest BCUT2D eigenvalue weighted by Crippen LogP contribution is 2.27. The highest BCUT2D eigenvalue weighted by molar-refractivity contribution is 5.97. The zero-order valence-electron chi connectivity index (χ0n) is 15.0. The zero-order valence-corrected chi connectivity index (χ0v) is 15.0. The molecule has 8 nitrogen and oxygen atoms in total. The molecule has 0 spiro atoms. The predicted molar refractivity (Wildman–Crippen MR) is 90.6 cm³/mol. The maximum atomic E-state index is 11.8. The summed E-state index contributed by atoms with van der Waals surface area (Å²) in [6, 6.07) is 4.48. The first-order valence-corrected chi connectivity index (χ1v) is 7.81. The second kappa shape index (κ2) is 9.51.